The number of urea groups is 1. The second kappa shape index (κ2) is 7.72. The highest BCUT2D eigenvalue weighted by Gasteiger charge is 2.38. The minimum absolute atomic E-state index is 0.219. The van der Waals surface area contributed by atoms with Gasteiger partial charge in [0.15, 0.2) is 0 Å². The molecule has 0 unspecified atom stereocenters. The lowest BCUT2D eigenvalue weighted by atomic mass is 9.93. The van der Waals surface area contributed by atoms with Crippen LogP contribution in [0.4, 0.5) is 4.79 Å². The lowest BCUT2D eigenvalue weighted by Gasteiger charge is -2.33. The number of esters is 1. The van der Waals surface area contributed by atoms with E-state index < -0.39 is 23.5 Å². The number of ether oxygens (including phenoxy) is 1. The van der Waals surface area contributed by atoms with Crippen molar-refractivity contribution in [2.24, 2.45) is 0 Å². The van der Waals surface area contributed by atoms with E-state index in [-0.39, 0.29) is 25.4 Å². The van der Waals surface area contributed by atoms with E-state index in [0.717, 1.165) is 0 Å². The van der Waals surface area contributed by atoms with Crippen LogP contribution in [0.3, 0.4) is 0 Å². The molecule has 0 saturated carbocycles. The van der Waals surface area contributed by atoms with Gasteiger partial charge in [-0.2, -0.15) is 0 Å². The van der Waals surface area contributed by atoms with E-state index in [0.29, 0.717) is 0 Å². The number of nitrogens with zero attached hydrogens (tertiary/aromatic N) is 1. The first-order valence-electron chi connectivity index (χ1n) is 6.63. The van der Waals surface area contributed by atoms with Gasteiger partial charge in [-0.3, -0.25) is 4.79 Å². The lowest BCUT2D eigenvalue weighted by Crippen LogP contribution is -2.59. The topological polar surface area (TPSA) is 95.9 Å². The Labute approximate surface area is 119 Å². The molecule has 0 aromatic heterocycles. The molecule has 0 fully saturated rings. The molecule has 7 nitrogen and oxygen atoms in total. The Hall–Kier alpha value is -1.79. The molecule has 7 heteroatoms. The van der Waals surface area contributed by atoms with Gasteiger partial charge in [-0.1, -0.05) is 13.8 Å². The summed E-state index contributed by atoms with van der Waals surface area (Å²) in [6, 6.07) is -0.842. The number of carbonyl (C=O) groups is 3. The number of nitrogens with one attached hydrogen (secondary N) is 1. The third-order valence-electron chi connectivity index (χ3n) is 3.37. The first-order valence-corrected chi connectivity index (χ1v) is 6.63. The molecule has 0 aliphatic carbocycles. The quantitative estimate of drug-likeness (QED) is 0.687. The summed E-state index contributed by atoms with van der Waals surface area (Å²) in [5.41, 5.74) is -1.32. The number of aliphatic carboxylic acids is 1. The van der Waals surface area contributed by atoms with Crippen LogP contribution in [0.2, 0.25) is 0 Å². The summed E-state index contributed by atoms with van der Waals surface area (Å²) in [6.45, 7) is 6.64. The standard InChI is InChI=1S/C13H24N2O5/c1-6-13(7-2,11(17)18)14-12(19)15(9(3)4)8-10(16)20-5/h9H,6-8H2,1-5H3,(H,14,19)(H,17,18). The van der Waals surface area contributed by atoms with Crippen molar-refractivity contribution < 1.29 is 24.2 Å². The van der Waals surface area contributed by atoms with Gasteiger partial charge in [-0.25, -0.2) is 9.59 Å². The van der Waals surface area contributed by atoms with Crippen molar-refractivity contribution in [3.63, 3.8) is 0 Å². The van der Waals surface area contributed by atoms with Gasteiger partial charge in [0.05, 0.1) is 7.11 Å². The van der Waals surface area contributed by atoms with Crippen LogP contribution in [0, 0.1) is 0 Å². The van der Waals surface area contributed by atoms with Crippen molar-refractivity contribution in [3.05, 3.63) is 0 Å². The van der Waals surface area contributed by atoms with E-state index in [4.69, 9.17) is 0 Å². The Balaban J connectivity index is 5.08. The summed E-state index contributed by atoms with van der Waals surface area (Å²) < 4.78 is 4.53. The zero-order chi connectivity index (χ0) is 15.9. The summed E-state index contributed by atoms with van der Waals surface area (Å²) in [7, 11) is 1.23. The van der Waals surface area contributed by atoms with Crippen molar-refractivity contribution in [1.29, 1.82) is 0 Å². The van der Waals surface area contributed by atoms with Crippen molar-refractivity contribution >= 4 is 18.0 Å². The number of hydrogen-bond donors (Lipinski definition) is 2. The predicted octanol–water partition coefficient (Wildman–Crippen LogP) is 1.22. The van der Waals surface area contributed by atoms with Gasteiger partial charge in [0.1, 0.15) is 12.1 Å². The minimum Gasteiger partial charge on any atom is -0.480 e. The highest BCUT2D eigenvalue weighted by atomic mass is 16.5. The van der Waals surface area contributed by atoms with E-state index in [1.165, 1.54) is 12.0 Å². The van der Waals surface area contributed by atoms with Gasteiger partial charge in [0.25, 0.3) is 0 Å². The Morgan fingerprint density at radius 1 is 1.25 bits per heavy atom. The fourth-order valence-corrected chi connectivity index (χ4v) is 1.75. The molecule has 0 atom stereocenters. The Morgan fingerprint density at radius 2 is 1.75 bits per heavy atom. The van der Waals surface area contributed by atoms with Crippen LogP contribution in [0.25, 0.3) is 0 Å². The molecule has 0 aromatic carbocycles. The number of methoxy groups -OCH3 is 1. The van der Waals surface area contributed by atoms with Crippen molar-refractivity contribution in [2.75, 3.05) is 13.7 Å². The molecule has 0 bridgehead atoms. The molecule has 20 heavy (non-hydrogen) atoms. The SMILES string of the molecule is CCC(CC)(NC(=O)N(CC(=O)OC)C(C)C)C(=O)O. The molecule has 116 valence electrons. The maximum atomic E-state index is 12.2. The average molecular weight is 288 g/mol. The zero-order valence-corrected chi connectivity index (χ0v) is 12.7. The summed E-state index contributed by atoms with van der Waals surface area (Å²) in [5.74, 6) is -1.64. The highest BCUT2D eigenvalue weighted by Crippen LogP contribution is 2.16. The van der Waals surface area contributed by atoms with Crippen molar-refractivity contribution in [1.82, 2.24) is 10.2 Å². The second-order valence-corrected chi connectivity index (χ2v) is 4.82. The molecular weight excluding hydrogens is 264 g/mol. The van der Waals surface area contributed by atoms with Gasteiger partial charge in [0, 0.05) is 6.04 Å². The molecule has 0 rings (SSSR count). The van der Waals surface area contributed by atoms with E-state index in [9.17, 15) is 19.5 Å². The molecule has 0 radical (unpaired) electrons. The molecule has 0 saturated heterocycles. The number of rotatable bonds is 7. The number of amides is 2. The fourth-order valence-electron chi connectivity index (χ4n) is 1.75. The average Bonchev–Trinajstić information content (AvgIpc) is 2.40. The summed E-state index contributed by atoms with van der Waals surface area (Å²) in [6.07, 6.45) is 0.517. The van der Waals surface area contributed by atoms with Gasteiger partial charge in [0.2, 0.25) is 0 Å². The summed E-state index contributed by atoms with van der Waals surface area (Å²) >= 11 is 0. The maximum absolute atomic E-state index is 12.2. The zero-order valence-electron chi connectivity index (χ0n) is 12.7. The molecule has 0 heterocycles. The van der Waals surface area contributed by atoms with Crippen LogP contribution in [-0.2, 0) is 14.3 Å². The van der Waals surface area contributed by atoms with Crippen LogP contribution in [-0.4, -0.2) is 53.2 Å². The molecule has 0 aliphatic rings. The van der Waals surface area contributed by atoms with Crippen LogP contribution >= 0.6 is 0 Å². The van der Waals surface area contributed by atoms with E-state index in [1.807, 2.05) is 0 Å². The summed E-state index contributed by atoms with van der Waals surface area (Å²) in [4.78, 5) is 36.1. The molecule has 0 aromatic rings. The van der Waals surface area contributed by atoms with E-state index >= 15 is 0 Å². The third kappa shape index (κ3) is 4.40. The normalized spacial score (nSPS) is 11.1. The van der Waals surface area contributed by atoms with Gasteiger partial charge in [-0.15, -0.1) is 0 Å². The Morgan fingerprint density at radius 3 is 2.05 bits per heavy atom. The van der Waals surface area contributed by atoms with Crippen LogP contribution in [0.15, 0.2) is 0 Å². The van der Waals surface area contributed by atoms with Crippen LogP contribution < -0.4 is 5.32 Å². The number of hydrogen-bond acceptors (Lipinski definition) is 4. The first kappa shape index (κ1) is 18.2. The Bertz CT molecular complexity index is 364. The van der Waals surface area contributed by atoms with Gasteiger partial charge in [-0.05, 0) is 26.7 Å². The summed E-state index contributed by atoms with van der Waals surface area (Å²) in [5, 5.41) is 11.8. The smallest absolute Gasteiger partial charge is 0.329 e. The minimum atomic E-state index is -1.32. The number of carboxylic acid groups (broad SMARTS) is 1. The van der Waals surface area contributed by atoms with Gasteiger partial charge >= 0.3 is 18.0 Å². The predicted molar refractivity (Wildman–Crippen MR) is 73.3 cm³/mol. The maximum Gasteiger partial charge on any atom is 0.329 e. The monoisotopic (exact) mass is 288 g/mol. The molecule has 2 amide bonds. The number of carboxylic acids is 1. The lowest BCUT2D eigenvalue weighted by molar-refractivity contribution is -0.144. The number of carbonyl (C=O) groups excluding carboxylic acids is 2. The van der Waals surface area contributed by atoms with Gasteiger partial charge < -0.3 is 20.1 Å². The Kier molecular flexibility index (Phi) is 7.02. The van der Waals surface area contributed by atoms with E-state index in [1.54, 1.807) is 27.7 Å². The fraction of sp³-hybridized carbons (Fsp3) is 0.769. The van der Waals surface area contributed by atoms with Crippen LogP contribution in [0.5, 0.6) is 0 Å². The van der Waals surface area contributed by atoms with Crippen molar-refractivity contribution in [2.45, 2.75) is 52.1 Å². The van der Waals surface area contributed by atoms with Crippen molar-refractivity contribution in [3.8, 4) is 0 Å². The molecule has 0 aliphatic heterocycles. The third-order valence-corrected chi connectivity index (χ3v) is 3.37. The second-order valence-electron chi connectivity index (χ2n) is 4.82. The largest absolute Gasteiger partial charge is 0.480 e. The highest BCUT2D eigenvalue weighted by molar-refractivity contribution is 5.88. The molecule has 2 N–H and O–H groups in total. The molecular formula is C13H24N2O5. The van der Waals surface area contributed by atoms with E-state index in [2.05, 4.69) is 10.1 Å². The molecule has 0 spiro atoms. The van der Waals surface area contributed by atoms with Crippen LogP contribution in [0.1, 0.15) is 40.5 Å². The first-order chi connectivity index (χ1) is 9.23.